The highest BCUT2D eigenvalue weighted by molar-refractivity contribution is 5.63. The Bertz CT molecular complexity index is 251. The van der Waals surface area contributed by atoms with Gasteiger partial charge >= 0.3 is 0 Å². The first-order valence-electron chi connectivity index (χ1n) is 10.4. The zero-order chi connectivity index (χ0) is 18.7. The Hall–Kier alpha value is -0.570. The first kappa shape index (κ1) is 25.7. The summed E-state index contributed by atoms with van der Waals surface area (Å²) in [6.45, 7) is 9.40. The average molecular weight is 344 g/mol. The molecule has 0 fully saturated rings. The molecule has 0 bridgehead atoms. The number of carboxylic acids is 1. The number of nitrogens with zero attached hydrogens (tertiary/aromatic N) is 1. The number of hydrogen-bond donors (Lipinski definition) is 0. The number of unbranched alkanes of at least 4 members (excludes halogenated alkanes) is 9. The zero-order valence-corrected chi connectivity index (χ0v) is 17.4. The van der Waals surface area contributed by atoms with Crippen LogP contribution in [0.15, 0.2) is 0 Å². The van der Waals surface area contributed by atoms with Crippen LogP contribution in [0, 0.1) is 0 Å². The maximum absolute atomic E-state index is 9.85. The molecule has 0 saturated heterocycles. The van der Waals surface area contributed by atoms with Gasteiger partial charge in [-0.15, -0.1) is 0 Å². The minimum absolute atomic E-state index is 0.222. The second kappa shape index (κ2) is 18.8. The second-order valence-corrected chi connectivity index (χ2v) is 7.69. The third kappa shape index (κ3) is 23.7. The third-order valence-electron chi connectivity index (χ3n) is 4.47. The molecule has 0 unspecified atom stereocenters. The van der Waals surface area contributed by atoms with Gasteiger partial charge in [0.15, 0.2) is 0 Å². The largest absolute Gasteiger partial charge is 0.550 e. The monoisotopic (exact) mass is 343 g/mol. The quantitative estimate of drug-likeness (QED) is 0.312. The first-order valence-corrected chi connectivity index (χ1v) is 10.4. The van der Waals surface area contributed by atoms with Crippen molar-refractivity contribution in [1.82, 2.24) is 0 Å². The molecular weight excluding hydrogens is 298 g/mol. The predicted molar refractivity (Wildman–Crippen MR) is 104 cm³/mol. The van der Waals surface area contributed by atoms with E-state index in [-0.39, 0.29) is 6.42 Å². The molecule has 0 aromatic carbocycles. The van der Waals surface area contributed by atoms with Crippen LogP contribution in [0.5, 0.6) is 0 Å². The van der Waals surface area contributed by atoms with Crippen LogP contribution in [0.2, 0.25) is 0 Å². The molecule has 0 aromatic heterocycles. The van der Waals surface area contributed by atoms with Gasteiger partial charge in [-0.1, -0.05) is 65.7 Å². The summed E-state index contributed by atoms with van der Waals surface area (Å²) in [5.74, 6) is -0.925. The van der Waals surface area contributed by atoms with E-state index >= 15 is 0 Å². The van der Waals surface area contributed by atoms with E-state index in [1.807, 2.05) is 0 Å². The van der Waals surface area contributed by atoms with Crippen LogP contribution >= 0.6 is 0 Å². The lowest BCUT2D eigenvalue weighted by molar-refractivity contribution is -0.890. The lowest BCUT2D eigenvalue weighted by Gasteiger charge is -2.30. The molecule has 0 heterocycles. The van der Waals surface area contributed by atoms with E-state index in [1.165, 1.54) is 68.9 Å². The van der Waals surface area contributed by atoms with Crippen molar-refractivity contribution in [2.24, 2.45) is 0 Å². The molecule has 0 N–H and O–H groups in total. The van der Waals surface area contributed by atoms with Gasteiger partial charge in [0.2, 0.25) is 0 Å². The average Bonchev–Trinajstić information content (AvgIpc) is 2.53. The van der Waals surface area contributed by atoms with Crippen molar-refractivity contribution in [3.8, 4) is 0 Å². The number of quaternary nitrogens is 1. The minimum atomic E-state index is -0.925. The zero-order valence-electron chi connectivity index (χ0n) is 17.4. The molecule has 146 valence electrons. The van der Waals surface area contributed by atoms with E-state index in [9.17, 15) is 9.90 Å². The van der Waals surface area contributed by atoms with Crippen molar-refractivity contribution in [2.45, 2.75) is 104 Å². The van der Waals surface area contributed by atoms with Gasteiger partial charge < -0.3 is 14.4 Å². The highest BCUT2D eigenvalue weighted by atomic mass is 16.4. The van der Waals surface area contributed by atoms with Crippen molar-refractivity contribution < 1.29 is 14.4 Å². The van der Waals surface area contributed by atoms with Crippen LogP contribution in [0.4, 0.5) is 0 Å². The maximum Gasteiger partial charge on any atom is 0.0782 e. The number of carboxylic acid groups (broad SMARTS) is 1. The number of carbonyl (C=O) groups is 1. The highest BCUT2D eigenvalue weighted by Crippen LogP contribution is 2.08. The molecule has 3 heteroatoms. The SMILES string of the molecule is CCCCCCC(=O)[O-].CCCCCC[N+](C)(C)CCCCCC. The maximum atomic E-state index is 9.85. The van der Waals surface area contributed by atoms with Gasteiger partial charge in [-0.05, 0) is 38.5 Å². The molecule has 0 saturated carbocycles. The molecular formula is C21H45NO2. The topological polar surface area (TPSA) is 40.1 Å². The van der Waals surface area contributed by atoms with E-state index in [1.54, 1.807) is 0 Å². The number of rotatable bonds is 15. The highest BCUT2D eigenvalue weighted by Gasteiger charge is 2.13. The fraction of sp³-hybridized carbons (Fsp3) is 0.952. The Kier molecular flexibility index (Phi) is 20.1. The van der Waals surface area contributed by atoms with Gasteiger partial charge in [0.25, 0.3) is 0 Å². The summed E-state index contributed by atoms with van der Waals surface area (Å²) >= 11 is 0. The van der Waals surface area contributed by atoms with Crippen LogP contribution in [0.3, 0.4) is 0 Å². The fourth-order valence-corrected chi connectivity index (χ4v) is 2.74. The molecule has 0 aromatic rings. The van der Waals surface area contributed by atoms with Gasteiger partial charge in [-0.3, -0.25) is 0 Å². The molecule has 0 radical (unpaired) electrons. The summed E-state index contributed by atoms with van der Waals surface area (Å²) in [6.07, 6.45) is 15.5. The second-order valence-electron chi connectivity index (χ2n) is 7.69. The summed E-state index contributed by atoms with van der Waals surface area (Å²) < 4.78 is 1.23. The molecule has 0 aliphatic heterocycles. The molecule has 3 nitrogen and oxygen atoms in total. The fourth-order valence-electron chi connectivity index (χ4n) is 2.74. The normalized spacial score (nSPS) is 11.0. The summed E-state index contributed by atoms with van der Waals surface area (Å²) in [4.78, 5) is 9.85. The van der Waals surface area contributed by atoms with Crippen LogP contribution in [0.1, 0.15) is 104 Å². The van der Waals surface area contributed by atoms with Gasteiger partial charge in [0.1, 0.15) is 0 Å². The van der Waals surface area contributed by atoms with E-state index in [0.717, 1.165) is 25.7 Å². The standard InChI is InChI=1S/C14H32N.C7H14O2/c1-5-7-9-11-13-15(3,4)14-12-10-8-6-2;1-2-3-4-5-6-7(8)9/h5-14H2,1-4H3;2-6H2,1H3,(H,8,9)/q+1;/p-1. The molecule has 0 aliphatic carbocycles. The molecule has 0 rings (SSSR count). The molecule has 0 atom stereocenters. The molecule has 0 amide bonds. The lowest BCUT2D eigenvalue weighted by Crippen LogP contribution is -2.41. The van der Waals surface area contributed by atoms with Gasteiger partial charge in [-0.25, -0.2) is 0 Å². The Morgan fingerprint density at radius 3 is 1.38 bits per heavy atom. The predicted octanol–water partition coefficient (Wildman–Crippen LogP) is 4.93. The summed E-state index contributed by atoms with van der Waals surface area (Å²) in [6, 6.07) is 0. The minimum Gasteiger partial charge on any atom is -0.550 e. The Morgan fingerprint density at radius 2 is 1.04 bits per heavy atom. The van der Waals surface area contributed by atoms with Crippen LogP contribution in [-0.4, -0.2) is 37.6 Å². The van der Waals surface area contributed by atoms with Crippen molar-refractivity contribution in [1.29, 1.82) is 0 Å². The Morgan fingerprint density at radius 1 is 0.667 bits per heavy atom. The van der Waals surface area contributed by atoms with Crippen LogP contribution in [0.25, 0.3) is 0 Å². The smallest absolute Gasteiger partial charge is 0.0782 e. The summed E-state index contributed by atoms with van der Waals surface area (Å²) in [5, 5.41) is 9.85. The Labute approximate surface area is 152 Å². The van der Waals surface area contributed by atoms with Gasteiger partial charge in [0.05, 0.1) is 27.2 Å². The number of hydrogen-bond acceptors (Lipinski definition) is 2. The number of carbonyl (C=O) groups excluding carboxylic acids is 1. The van der Waals surface area contributed by atoms with Crippen molar-refractivity contribution in [3.05, 3.63) is 0 Å². The van der Waals surface area contributed by atoms with E-state index in [4.69, 9.17) is 0 Å². The lowest BCUT2D eigenvalue weighted by atomic mass is 10.1. The first-order chi connectivity index (χ1) is 11.4. The molecule has 0 spiro atoms. The van der Waals surface area contributed by atoms with Crippen molar-refractivity contribution in [2.75, 3.05) is 27.2 Å². The summed E-state index contributed by atoms with van der Waals surface area (Å²) in [7, 11) is 4.77. The van der Waals surface area contributed by atoms with Crippen molar-refractivity contribution >= 4 is 5.97 Å². The van der Waals surface area contributed by atoms with Crippen molar-refractivity contribution in [3.63, 3.8) is 0 Å². The van der Waals surface area contributed by atoms with Gasteiger partial charge in [0, 0.05) is 5.97 Å². The van der Waals surface area contributed by atoms with Gasteiger partial charge in [-0.2, -0.15) is 0 Å². The van der Waals surface area contributed by atoms with E-state index in [0.29, 0.717) is 0 Å². The van der Waals surface area contributed by atoms with E-state index < -0.39 is 5.97 Å². The summed E-state index contributed by atoms with van der Waals surface area (Å²) in [5.41, 5.74) is 0. The number of aliphatic carboxylic acids is 1. The van der Waals surface area contributed by atoms with E-state index in [2.05, 4.69) is 34.9 Å². The molecule has 0 aliphatic rings. The van der Waals surface area contributed by atoms with Crippen LogP contribution in [-0.2, 0) is 4.79 Å². The third-order valence-corrected chi connectivity index (χ3v) is 4.47. The Balaban J connectivity index is 0. The van der Waals surface area contributed by atoms with Crippen LogP contribution < -0.4 is 5.11 Å². The molecule has 24 heavy (non-hydrogen) atoms.